The van der Waals surface area contributed by atoms with Gasteiger partial charge in [0.15, 0.2) is 0 Å². The average Bonchev–Trinajstić information content (AvgIpc) is 2.08. The van der Waals surface area contributed by atoms with Gasteiger partial charge >= 0.3 is 0 Å². The molecule has 1 unspecified atom stereocenters. The van der Waals surface area contributed by atoms with E-state index in [1.165, 1.54) is 0 Å². The van der Waals surface area contributed by atoms with Gasteiger partial charge in [0.1, 0.15) is 0 Å². The molecule has 72 valence electrons. The third-order valence-corrected chi connectivity index (χ3v) is 1.86. The lowest BCUT2D eigenvalue weighted by Crippen LogP contribution is -2.06. The van der Waals surface area contributed by atoms with Crippen molar-refractivity contribution in [3.05, 3.63) is 23.4 Å². The second-order valence-electron chi connectivity index (χ2n) is 3.11. The molecule has 0 fully saturated rings. The van der Waals surface area contributed by atoms with Crippen molar-refractivity contribution in [1.29, 1.82) is 0 Å². The molecule has 1 rings (SSSR count). The Labute approximate surface area is 78.9 Å². The lowest BCUT2D eigenvalue weighted by atomic mass is 10.1. The summed E-state index contributed by atoms with van der Waals surface area (Å²) >= 11 is 0. The molecule has 1 heterocycles. The van der Waals surface area contributed by atoms with Gasteiger partial charge < -0.3 is 10.5 Å². The van der Waals surface area contributed by atoms with Crippen LogP contribution in [0.3, 0.4) is 0 Å². The molecular weight excluding hydrogens is 164 g/mol. The first-order valence-corrected chi connectivity index (χ1v) is 4.50. The Hall–Kier alpha value is -1.09. The van der Waals surface area contributed by atoms with E-state index in [1.807, 2.05) is 26.8 Å². The van der Waals surface area contributed by atoms with Crippen LogP contribution >= 0.6 is 0 Å². The van der Waals surface area contributed by atoms with Crippen molar-refractivity contribution in [3.63, 3.8) is 0 Å². The van der Waals surface area contributed by atoms with Crippen LogP contribution in [0.5, 0.6) is 5.88 Å². The van der Waals surface area contributed by atoms with E-state index >= 15 is 0 Å². The smallest absolute Gasteiger partial charge is 0.216 e. The Morgan fingerprint density at radius 2 is 2.31 bits per heavy atom. The number of rotatable bonds is 3. The fraction of sp³-hybridized carbons (Fsp3) is 0.500. The minimum Gasteiger partial charge on any atom is -0.478 e. The van der Waals surface area contributed by atoms with Gasteiger partial charge in [-0.15, -0.1) is 0 Å². The summed E-state index contributed by atoms with van der Waals surface area (Å²) in [5.41, 5.74) is 7.81. The maximum Gasteiger partial charge on any atom is 0.216 e. The number of hydrogen-bond donors (Lipinski definition) is 1. The van der Waals surface area contributed by atoms with E-state index in [0.717, 1.165) is 11.1 Å². The van der Waals surface area contributed by atoms with Gasteiger partial charge in [-0.3, -0.25) is 0 Å². The highest BCUT2D eigenvalue weighted by Crippen LogP contribution is 2.18. The van der Waals surface area contributed by atoms with Crippen LogP contribution in [0.2, 0.25) is 0 Å². The molecule has 0 aliphatic heterocycles. The van der Waals surface area contributed by atoms with Crippen LogP contribution in [0.1, 0.15) is 31.0 Å². The molecule has 2 N–H and O–H groups in total. The Bertz CT molecular complexity index is 284. The molecule has 13 heavy (non-hydrogen) atoms. The summed E-state index contributed by atoms with van der Waals surface area (Å²) in [6.07, 6.45) is 1.77. The molecule has 0 amide bonds. The highest BCUT2D eigenvalue weighted by Gasteiger charge is 2.04. The third kappa shape index (κ3) is 2.42. The summed E-state index contributed by atoms with van der Waals surface area (Å²) in [7, 11) is 0. The first-order chi connectivity index (χ1) is 6.15. The molecular formula is C10H16N2O. The zero-order valence-corrected chi connectivity index (χ0v) is 8.37. The van der Waals surface area contributed by atoms with Gasteiger partial charge in [-0.1, -0.05) is 0 Å². The van der Waals surface area contributed by atoms with Crippen LogP contribution in [-0.2, 0) is 0 Å². The molecule has 0 saturated heterocycles. The monoisotopic (exact) mass is 180 g/mol. The highest BCUT2D eigenvalue weighted by atomic mass is 16.5. The summed E-state index contributed by atoms with van der Waals surface area (Å²) in [6, 6.07) is 2.05. The van der Waals surface area contributed by atoms with Gasteiger partial charge in [0.05, 0.1) is 6.61 Å². The zero-order chi connectivity index (χ0) is 9.84. The maximum atomic E-state index is 5.73. The van der Waals surface area contributed by atoms with E-state index in [4.69, 9.17) is 10.5 Å². The second-order valence-corrected chi connectivity index (χ2v) is 3.11. The van der Waals surface area contributed by atoms with Crippen LogP contribution in [0.15, 0.2) is 12.3 Å². The van der Waals surface area contributed by atoms with Gasteiger partial charge in [-0.2, -0.15) is 0 Å². The molecule has 1 aromatic heterocycles. The van der Waals surface area contributed by atoms with E-state index in [2.05, 4.69) is 4.98 Å². The van der Waals surface area contributed by atoms with Gasteiger partial charge in [0.2, 0.25) is 5.88 Å². The minimum atomic E-state index is 0.0295. The fourth-order valence-electron chi connectivity index (χ4n) is 1.12. The molecule has 0 aromatic carbocycles. The van der Waals surface area contributed by atoms with Crippen LogP contribution in [-0.4, -0.2) is 11.6 Å². The molecule has 0 saturated carbocycles. The predicted octanol–water partition coefficient (Wildman–Crippen LogP) is 1.81. The molecule has 3 nitrogen and oxygen atoms in total. The molecule has 0 aliphatic carbocycles. The quantitative estimate of drug-likeness (QED) is 0.771. The Balaban J connectivity index is 2.92. The van der Waals surface area contributed by atoms with Gasteiger partial charge in [0.25, 0.3) is 0 Å². The molecule has 0 aliphatic rings. The predicted molar refractivity (Wildman–Crippen MR) is 52.7 cm³/mol. The summed E-state index contributed by atoms with van der Waals surface area (Å²) in [5, 5.41) is 0. The van der Waals surface area contributed by atoms with E-state index in [9.17, 15) is 0 Å². The third-order valence-electron chi connectivity index (χ3n) is 1.86. The van der Waals surface area contributed by atoms with Gasteiger partial charge in [0, 0.05) is 17.8 Å². The minimum absolute atomic E-state index is 0.0295. The molecule has 1 aromatic rings. The number of aromatic nitrogens is 1. The van der Waals surface area contributed by atoms with Gasteiger partial charge in [-0.25, -0.2) is 4.98 Å². The number of aryl methyl sites for hydroxylation is 1. The first kappa shape index (κ1) is 9.99. The number of nitrogens with two attached hydrogens (primary N) is 1. The summed E-state index contributed by atoms with van der Waals surface area (Å²) < 4.78 is 5.32. The highest BCUT2D eigenvalue weighted by molar-refractivity contribution is 5.29. The van der Waals surface area contributed by atoms with Crippen LogP contribution in [0, 0.1) is 6.92 Å². The molecule has 0 radical (unpaired) electrons. The van der Waals surface area contributed by atoms with E-state index in [1.54, 1.807) is 6.20 Å². The zero-order valence-electron chi connectivity index (χ0n) is 8.37. The fourth-order valence-corrected chi connectivity index (χ4v) is 1.12. The van der Waals surface area contributed by atoms with Crippen LogP contribution in [0.4, 0.5) is 0 Å². The Morgan fingerprint density at radius 1 is 1.62 bits per heavy atom. The van der Waals surface area contributed by atoms with Gasteiger partial charge in [-0.05, 0) is 32.4 Å². The number of ether oxygens (including phenoxy) is 1. The lowest BCUT2D eigenvalue weighted by Gasteiger charge is -2.09. The topological polar surface area (TPSA) is 48.1 Å². The molecule has 3 heteroatoms. The number of nitrogens with zero attached hydrogens (tertiary/aromatic N) is 1. The molecule has 1 atom stereocenters. The first-order valence-electron chi connectivity index (χ1n) is 4.50. The van der Waals surface area contributed by atoms with Crippen molar-refractivity contribution in [1.82, 2.24) is 4.98 Å². The SMILES string of the molecule is CCOc1ncc(C(C)N)cc1C. The summed E-state index contributed by atoms with van der Waals surface area (Å²) in [4.78, 5) is 4.19. The summed E-state index contributed by atoms with van der Waals surface area (Å²) in [5.74, 6) is 0.701. The number of pyridine rings is 1. The van der Waals surface area contributed by atoms with Crippen molar-refractivity contribution in [2.75, 3.05) is 6.61 Å². The van der Waals surface area contributed by atoms with Crippen molar-refractivity contribution in [3.8, 4) is 5.88 Å². The van der Waals surface area contributed by atoms with Crippen LogP contribution < -0.4 is 10.5 Å². The van der Waals surface area contributed by atoms with Crippen LogP contribution in [0.25, 0.3) is 0 Å². The lowest BCUT2D eigenvalue weighted by molar-refractivity contribution is 0.324. The average molecular weight is 180 g/mol. The Kier molecular flexibility index (Phi) is 3.25. The standard InChI is InChI=1S/C10H16N2O/c1-4-13-10-7(2)5-9(6-12-10)8(3)11/h5-6,8H,4,11H2,1-3H3. The van der Waals surface area contributed by atoms with Crippen molar-refractivity contribution >= 4 is 0 Å². The summed E-state index contributed by atoms with van der Waals surface area (Å²) in [6.45, 7) is 6.51. The number of hydrogen-bond acceptors (Lipinski definition) is 3. The van der Waals surface area contributed by atoms with E-state index < -0.39 is 0 Å². The van der Waals surface area contributed by atoms with Crippen molar-refractivity contribution in [2.45, 2.75) is 26.8 Å². The molecule has 0 bridgehead atoms. The van der Waals surface area contributed by atoms with E-state index in [0.29, 0.717) is 12.5 Å². The Morgan fingerprint density at radius 3 is 2.77 bits per heavy atom. The largest absolute Gasteiger partial charge is 0.478 e. The normalized spacial score (nSPS) is 12.6. The van der Waals surface area contributed by atoms with Crippen molar-refractivity contribution in [2.24, 2.45) is 5.73 Å². The van der Waals surface area contributed by atoms with Crippen molar-refractivity contribution < 1.29 is 4.74 Å². The maximum absolute atomic E-state index is 5.73. The second kappa shape index (κ2) is 4.23. The van der Waals surface area contributed by atoms with E-state index in [-0.39, 0.29) is 6.04 Å². The molecule has 0 spiro atoms.